The van der Waals surface area contributed by atoms with E-state index in [1.165, 1.54) is 18.1 Å². The fourth-order valence-corrected chi connectivity index (χ4v) is 9.02. The van der Waals surface area contributed by atoms with E-state index in [0.29, 0.717) is 23.6 Å². The third-order valence-electron chi connectivity index (χ3n) is 11.2. The lowest BCUT2D eigenvalue weighted by atomic mass is 9.45. The van der Waals surface area contributed by atoms with E-state index in [1.54, 1.807) is 24.0 Å². The molecular formula is C32H41NO4. The third kappa shape index (κ3) is 4.01. The lowest BCUT2D eigenvalue weighted by Crippen LogP contribution is -2.60. The van der Waals surface area contributed by atoms with Gasteiger partial charge in [-0.05, 0) is 117 Å². The molecule has 3 N–H and O–H groups in total. The second-order valence-electron chi connectivity index (χ2n) is 12.7. The first-order valence-corrected chi connectivity index (χ1v) is 14.3. The standard InChI is InChI=1S/C32H41NO4/c1-30-15-11-24(33-18-14-21-3-7-25(34)8-4-21)19-23(30)6-9-28-27(30)12-16-31(2)26(13-17-32(28,31)36)22-5-10-29(35)37-20-22/h3-5,7-8,10,19-20,24,26-28,33-34,36H,6,9,11-18H2,1-2H3/t24-,26+,27-,28+,30-,31+,32-/m0/s1. The van der Waals surface area contributed by atoms with E-state index in [9.17, 15) is 15.0 Å². The number of nitrogens with one attached hydrogen (secondary N) is 1. The molecule has 0 amide bonds. The minimum absolute atomic E-state index is 0.173. The number of allylic oxidation sites excluding steroid dienone is 1. The summed E-state index contributed by atoms with van der Waals surface area (Å²) >= 11 is 0. The van der Waals surface area contributed by atoms with Gasteiger partial charge in [-0.15, -0.1) is 0 Å². The summed E-state index contributed by atoms with van der Waals surface area (Å²) in [5, 5.41) is 25.7. The zero-order chi connectivity index (χ0) is 25.8. The first-order valence-electron chi connectivity index (χ1n) is 14.3. The molecule has 6 rings (SSSR count). The molecule has 1 heterocycles. The van der Waals surface area contributed by atoms with Crippen LogP contribution in [0.1, 0.15) is 82.3 Å². The number of phenols is 1. The predicted molar refractivity (Wildman–Crippen MR) is 144 cm³/mol. The number of benzene rings is 1. The van der Waals surface area contributed by atoms with Crippen molar-refractivity contribution in [1.29, 1.82) is 0 Å². The van der Waals surface area contributed by atoms with Gasteiger partial charge in [0.2, 0.25) is 0 Å². The maximum atomic E-state index is 12.4. The van der Waals surface area contributed by atoms with Gasteiger partial charge >= 0.3 is 5.63 Å². The van der Waals surface area contributed by atoms with Crippen molar-refractivity contribution in [3.63, 3.8) is 0 Å². The van der Waals surface area contributed by atoms with Gasteiger partial charge in [-0.1, -0.05) is 37.6 Å². The number of aromatic hydroxyl groups is 1. The molecule has 5 heteroatoms. The highest BCUT2D eigenvalue weighted by Crippen LogP contribution is 2.70. The third-order valence-corrected chi connectivity index (χ3v) is 11.2. The van der Waals surface area contributed by atoms with E-state index in [4.69, 9.17) is 4.42 Å². The van der Waals surface area contributed by atoms with E-state index < -0.39 is 5.60 Å². The molecule has 0 saturated heterocycles. The highest BCUT2D eigenvalue weighted by Gasteiger charge is 2.66. The van der Waals surface area contributed by atoms with E-state index in [1.807, 2.05) is 18.2 Å². The molecule has 7 atom stereocenters. The Balaban J connectivity index is 1.17. The number of fused-ring (bicyclic) bond motifs is 5. The Morgan fingerprint density at radius 3 is 2.54 bits per heavy atom. The van der Waals surface area contributed by atoms with Crippen LogP contribution in [0.4, 0.5) is 0 Å². The molecular weight excluding hydrogens is 462 g/mol. The molecule has 0 spiro atoms. The molecule has 37 heavy (non-hydrogen) atoms. The topological polar surface area (TPSA) is 82.7 Å². The molecule has 4 aliphatic rings. The molecule has 0 aliphatic heterocycles. The van der Waals surface area contributed by atoms with E-state index in [0.717, 1.165) is 63.5 Å². The van der Waals surface area contributed by atoms with Crippen LogP contribution in [-0.2, 0) is 6.42 Å². The zero-order valence-corrected chi connectivity index (χ0v) is 22.2. The fourth-order valence-electron chi connectivity index (χ4n) is 9.02. The van der Waals surface area contributed by atoms with Gasteiger partial charge in [0.25, 0.3) is 0 Å². The highest BCUT2D eigenvalue weighted by atomic mass is 16.4. The number of rotatable bonds is 5. The molecule has 2 aromatic rings. The molecule has 3 fully saturated rings. The summed E-state index contributed by atoms with van der Waals surface area (Å²) in [6.45, 7) is 5.71. The largest absolute Gasteiger partial charge is 0.508 e. The molecule has 5 nitrogen and oxygen atoms in total. The fraction of sp³-hybridized carbons (Fsp3) is 0.594. The van der Waals surface area contributed by atoms with Crippen molar-refractivity contribution in [1.82, 2.24) is 5.32 Å². The molecule has 4 aliphatic carbocycles. The summed E-state index contributed by atoms with van der Waals surface area (Å²) in [5.41, 5.74) is 2.93. The molecule has 0 bridgehead atoms. The van der Waals surface area contributed by atoms with Gasteiger partial charge < -0.3 is 19.9 Å². The summed E-state index contributed by atoms with van der Waals surface area (Å²) in [5.74, 6) is 1.41. The average Bonchev–Trinajstić information content (AvgIpc) is 3.17. The summed E-state index contributed by atoms with van der Waals surface area (Å²) in [7, 11) is 0. The highest BCUT2D eigenvalue weighted by molar-refractivity contribution is 5.31. The zero-order valence-electron chi connectivity index (χ0n) is 22.2. The first kappa shape index (κ1) is 24.9. The molecule has 0 unspecified atom stereocenters. The lowest BCUT2D eigenvalue weighted by molar-refractivity contribution is -0.177. The van der Waals surface area contributed by atoms with Crippen LogP contribution in [0.3, 0.4) is 0 Å². The molecule has 198 valence electrons. The minimum atomic E-state index is -0.662. The molecule has 1 aromatic heterocycles. The van der Waals surface area contributed by atoms with E-state index in [-0.39, 0.29) is 22.4 Å². The van der Waals surface area contributed by atoms with Crippen LogP contribution in [0.5, 0.6) is 5.75 Å². The second-order valence-corrected chi connectivity index (χ2v) is 12.7. The Hall–Kier alpha value is -2.37. The average molecular weight is 504 g/mol. The maximum Gasteiger partial charge on any atom is 0.335 e. The summed E-state index contributed by atoms with van der Waals surface area (Å²) in [4.78, 5) is 11.5. The van der Waals surface area contributed by atoms with Gasteiger partial charge in [-0.3, -0.25) is 0 Å². The van der Waals surface area contributed by atoms with Crippen LogP contribution in [0.15, 0.2) is 63.5 Å². The Morgan fingerprint density at radius 1 is 0.973 bits per heavy atom. The summed E-state index contributed by atoms with van der Waals surface area (Å²) in [6, 6.07) is 11.4. The predicted octanol–water partition coefficient (Wildman–Crippen LogP) is 5.71. The van der Waals surface area contributed by atoms with Gasteiger partial charge in [0.05, 0.1) is 11.9 Å². The van der Waals surface area contributed by atoms with Crippen molar-refractivity contribution < 1.29 is 14.6 Å². The quantitative estimate of drug-likeness (QED) is 0.456. The lowest BCUT2D eigenvalue weighted by Gasteiger charge is -2.62. The maximum absolute atomic E-state index is 12.4. The Labute approximate surface area is 220 Å². The molecule has 1 aromatic carbocycles. The number of phenolic OH excluding ortho intramolecular Hbond substituents is 1. The first-order chi connectivity index (χ1) is 17.7. The van der Waals surface area contributed by atoms with Crippen molar-refractivity contribution in [2.24, 2.45) is 22.7 Å². The Kier molecular flexibility index (Phi) is 6.15. The van der Waals surface area contributed by atoms with Crippen molar-refractivity contribution in [3.05, 3.63) is 75.9 Å². The van der Waals surface area contributed by atoms with Gasteiger partial charge in [0, 0.05) is 17.5 Å². The number of aliphatic hydroxyl groups is 1. The van der Waals surface area contributed by atoms with E-state index >= 15 is 0 Å². The van der Waals surface area contributed by atoms with Crippen LogP contribution < -0.4 is 10.9 Å². The summed E-state index contributed by atoms with van der Waals surface area (Å²) < 4.78 is 5.23. The van der Waals surface area contributed by atoms with Crippen molar-refractivity contribution in [3.8, 4) is 5.75 Å². The van der Waals surface area contributed by atoms with Crippen molar-refractivity contribution >= 4 is 0 Å². The van der Waals surface area contributed by atoms with Gasteiger partial charge in [0.15, 0.2) is 0 Å². The SMILES string of the molecule is C[C@]12CC[C@H](NCCc3ccc(O)cc3)C=C1CC[C@@H]1[C@@H]2CC[C@]2(C)[C@@H](c3ccc(=O)oc3)CC[C@]12O. The summed E-state index contributed by atoms with van der Waals surface area (Å²) in [6.07, 6.45) is 13.5. The Bertz CT molecular complexity index is 1210. The van der Waals surface area contributed by atoms with Crippen LogP contribution in [-0.4, -0.2) is 28.4 Å². The van der Waals surface area contributed by atoms with Crippen molar-refractivity contribution in [2.75, 3.05) is 6.54 Å². The monoisotopic (exact) mass is 503 g/mol. The Morgan fingerprint density at radius 2 is 1.78 bits per heavy atom. The second kappa shape index (κ2) is 9.13. The van der Waals surface area contributed by atoms with Crippen LogP contribution in [0.25, 0.3) is 0 Å². The normalized spacial score (nSPS) is 38.8. The van der Waals surface area contributed by atoms with Gasteiger partial charge in [-0.2, -0.15) is 0 Å². The van der Waals surface area contributed by atoms with E-state index in [2.05, 4.69) is 25.2 Å². The van der Waals surface area contributed by atoms with Crippen LogP contribution in [0.2, 0.25) is 0 Å². The number of hydrogen-bond acceptors (Lipinski definition) is 5. The minimum Gasteiger partial charge on any atom is -0.508 e. The van der Waals surface area contributed by atoms with Crippen LogP contribution >= 0.6 is 0 Å². The van der Waals surface area contributed by atoms with Crippen molar-refractivity contribution in [2.45, 2.75) is 89.2 Å². The smallest absolute Gasteiger partial charge is 0.335 e. The van der Waals surface area contributed by atoms with Crippen LogP contribution in [0, 0.1) is 22.7 Å². The molecule has 3 saturated carbocycles. The van der Waals surface area contributed by atoms with Gasteiger partial charge in [-0.25, -0.2) is 4.79 Å². The molecule has 0 radical (unpaired) electrons. The van der Waals surface area contributed by atoms with Gasteiger partial charge in [0.1, 0.15) is 5.75 Å². The number of hydrogen-bond donors (Lipinski definition) is 3.